The van der Waals surface area contributed by atoms with E-state index in [9.17, 15) is 0 Å². The zero-order valence-electron chi connectivity index (χ0n) is 11.1. The summed E-state index contributed by atoms with van der Waals surface area (Å²) in [6.45, 7) is 5.91. The van der Waals surface area contributed by atoms with Crippen molar-refractivity contribution in [2.45, 2.75) is 31.0 Å². The molecule has 2 rings (SSSR count). The molecule has 0 unspecified atom stereocenters. The zero-order chi connectivity index (χ0) is 14.0. The lowest BCUT2D eigenvalue weighted by atomic mass is 10.2. The summed E-state index contributed by atoms with van der Waals surface area (Å²) in [5.74, 6) is -0.00356. The molecule has 0 radical (unpaired) electrons. The van der Waals surface area contributed by atoms with Crippen LogP contribution in [0.5, 0.6) is 0 Å². The Morgan fingerprint density at radius 1 is 1.21 bits per heavy atom. The molecule has 5 nitrogen and oxygen atoms in total. The molecule has 3 N–H and O–H groups in total. The molecule has 0 spiro atoms. The Morgan fingerprint density at radius 2 is 1.84 bits per heavy atom. The van der Waals surface area contributed by atoms with Gasteiger partial charge in [0.15, 0.2) is 5.16 Å². The third kappa shape index (κ3) is 2.90. The van der Waals surface area contributed by atoms with Crippen LogP contribution < -0.4 is 5.73 Å². The van der Waals surface area contributed by atoms with E-state index >= 15 is 0 Å². The number of aryl methyl sites for hydroxylation is 2. The van der Waals surface area contributed by atoms with Crippen LogP contribution in [0, 0.1) is 26.2 Å². The molecule has 0 aromatic carbocycles. The number of hydrogen-bond donors (Lipinski definition) is 2. The van der Waals surface area contributed by atoms with Gasteiger partial charge in [-0.15, -0.1) is 0 Å². The van der Waals surface area contributed by atoms with Crippen LogP contribution in [0.2, 0.25) is 0 Å². The minimum atomic E-state index is -0.00356. The minimum Gasteiger partial charge on any atom is -0.384 e. The van der Waals surface area contributed by atoms with E-state index in [1.807, 2.05) is 20.8 Å². The number of rotatable bonds is 3. The number of nitrogens with two attached hydrogens (primary N) is 1. The Bertz CT molecular complexity index is 616. The van der Waals surface area contributed by atoms with Crippen LogP contribution in [0.4, 0.5) is 0 Å². The Morgan fingerprint density at radius 3 is 2.42 bits per heavy atom. The fourth-order valence-electron chi connectivity index (χ4n) is 1.55. The van der Waals surface area contributed by atoms with Gasteiger partial charge in [0, 0.05) is 23.1 Å². The maximum Gasteiger partial charge on any atom is 0.194 e. The molecule has 0 amide bonds. The first-order chi connectivity index (χ1) is 8.99. The minimum absolute atomic E-state index is 0.00356. The molecule has 0 bridgehead atoms. The summed E-state index contributed by atoms with van der Waals surface area (Å²) in [5.41, 5.74) is 9.15. The molecule has 0 fully saturated rings. The summed E-state index contributed by atoms with van der Waals surface area (Å²) >= 11 is 1.33. The van der Waals surface area contributed by atoms with Crippen LogP contribution >= 0.6 is 11.8 Å². The average molecular weight is 273 g/mol. The highest BCUT2D eigenvalue weighted by molar-refractivity contribution is 7.99. The molecule has 2 heterocycles. The number of nitrogen functional groups attached to an aromatic ring is 1. The number of hydrogen-bond acceptors (Lipinski definition) is 5. The monoisotopic (exact) mass is 273 g/mol. The largest absolute Gasteiger partial charge is 0.384 e. The summed E-state index contributed by atoms with van der Waals surface area (Å²) in [7, 11) is 0. The second-order valence-electron chi connectivity index (χ2n) is 4.17. The maximum atomic E-state index is 7.54. The van der Waals surface area contributed by atoms with E-state index < -0.39 is 0 Å². The van der Waals surface area contributed by atoms with E-state index in [0.717, 1.165) is 17.0 Å². The number of pyridine rings is 1. The quantitative estimate of drug-likeness (QED) is 0.508. The van der Waals surface area contributed by atoms with Gasteiger partial charge in [-0.05, 0) is 50.2 Å². The van der Waals surface area contributed by atoms with Crippen LogP contribution in [0.15, 0.2) is 28.5 Å². The first-order valence-corrected chi connectivity index (χ1v) is 6.59. The van der Waals surface area contributed by atoms with Gasteiger partial charge in [0.2, 0.25) is 0 Å². The van der Waals surface area contributed by atoms with Crippen molar-refractivity contribution in [2.75, 3.05) is 0 Å². The summed E-state index contributed by atoms with van der Waals surface area (Å²) in [6, 6.07) is 3.53. The van der Waals surface area contributed by atoms with Gasteiger partial charge in [0.1, 0.15) is 10.9 Å². The van der Waals surface area contributed by atoms with Gasteiger partial charge in [0.25, 0.3) is 0 Å². The molecule has 6 heteroatoms. The summed E-state index contributed by atoms with van der Waals surface area (Å²) in [4.78, 5) is 13.1. The van der Waals surface area contributed by atoms with Gasteiger partial charge < -0.3 is 5.73 Å². The highest BCUT2D eigenvalue weighted by Gasteiger charge is 2.11. The van der Waals surface area contributed by atoms with Crippen molar-refractivity contribution in [1.29, 1.82) is 5.41 Å². The second kappa shape index (κ2) is 5.36. The van der Waals surface area contributed by atoms with Crippen molar-refractivity contribution in [1.82, 2.24) is 15.0 Å². The number of nitrogens with zero attached hydrogens (tertiary/aromatic N) is 3. The van der Waals surface area contributed by atoms with Gasteiger partial charge >= 0.3 is 0 Å². The van der Waals surface area contributed by atoms with Crippen LogP contribution in [-0.4, -0.2) is 20.8 Å². The van der Waals surface area contributed by atoms with Crippen LogP contribution in [0.1, 0.15) is 22.5 Å². The Labute approximate surface area is 116 Å². The molecule has 0 aliphatic carbocycles. The van der Waals surface area contributed by atoms with Gasteiger partial charge in [-0.1, -0.05) is 0 Å². The molecule has 0 aliphatic rings. The van der Waals surface area contributed by atoms with E-state index in [1.54, 1.807) is 18.3 Å². The van der Waals surface area contributed by atoms with Crippen molar-refractivity contribution < 1.29 is 0 Å². The third-order valence-corrected chi connectivity index (χ3v) is 3.75. The fraction of sp³-hybridized carbons (Fsp3) is 0.231. The molecule has 2 aromatic heterocycles. The molecule has 0 saturated carbocycles. The smallest absolute Gasteiger partial charge is 0.194 e. The summed E-state index contributed by atoms with van der Waals surface area (Å²) < 4.78 is 0. The standard InChI is InChI=1S/C13H15N5S/c1-7-8(2)17-13(18-9(7)3)19-12-10(11(14)15)5-4-6-16-12/h4-6H,1-3H3,(H3,14,15). The van der Waals surface area contributed by atoms with E-state index in [1.165, 1.54) is 11.8 Å². The Hall–Kier alpha value is -1.95. The summed E-state index contributed by atoms with van der Waals surface area (Å²) in [5, 5.41) is 8.82. The average Bonchev–Trinajstić information content (AvgIpc) is 2.36. The van der Waals surface area contributed by atoms with Crippen molar-refractivity contribution >= 4 is 17.6 Å². The zero-order valence-corrected chi connectivity index (χ0v) is 11.9. The second-order valence-corrected chi connectivity index (χ2v) is 5.13. The Balaban J connectivity index is 2.39. The van der Waals surface area contributed by atoms with E-state index in [0.29, 0.717) is 15.7 Å². The van der Waals surface area contributed by atoms with E-state index in [4.69, 9.17) is 11.1 Å². The van der Waals surface area contributed by atoms with Crippen molar-refractivity contribution in [3.8, 4) is 0 Å². The van der Waals surface area contributed by atoms with Crippen LogP contribution in [-0.2, 0) is 0 Å². The van der Waals surface area contributed by atoms with Crippen molar-refractivity contribution in [2.24, 2.45) is 5.73 Å². The van der Waals surface area contributed by atoms with E-state index in [2.05, 4.69) is 15.0 Å². The van der Waals surface area contributed by atoms with Crippen molar-refractivity contribution in [3.63, 3.8) is 0 Å². The number of nitrogens with one attached hydrogen (secondary N) is 1. The van der Waals surface area contributed by atoms with Gasteiger partial charge in [-0.2, -0.15) is 0 Å². The highest BCUT2D eigenvalue weighted by Crippen LogP contribution is 2.26. The topological polar surface area (TPSA) is 88.5 Å². The molecular weight excluding hydrogens is 258 g/mol. The lowest BCUT2D eigenvalue weighted by molar-refractivity contribution is 0.878. The highest BCUT2D eigenvalue weighted by atomic mass is 32.2. The summed E-state index contributed by atoms with van der Waals surface area (Å²) in [6.07, 6.45) is 1.67. The Kier molecular flexibility index (Phi) is 3.80. The molecule has 0 aliphatic heterocycles. The molecule has 98 valence electrons. The molecule has 2 aromatic rings. The molecule has 0 saturated heterocycles. The molecule has 19 heavy (non-hydrogen) atoms. The van der Waals surface area contributed by atoms with Gasteiger partial charge in [-0.3, -0.25) is 5.41 Å². The lowest BCUT2D eigenvalue weighted by Crippen LogP contribution is -2.13. The predicted octanol–water partition coefficient (Wildman–Crippen LogP) is 2.23. The first kappa shape index (κ1) is 13.5. The fourth-order valence-corrected chi connectivity index (χ4v) is 2.49. The van der Waals surface area contributed by atoms with Gasteiger partial charge in [-0.25, -0.2) is 15.0 Å². The first-order valence-electron chi connectivity index (χ1n) is 5.78. The molecular formula is C13H15N5S. The number of aromatic nitrogens is 3. The normalized spacial score (nSPS) is 10.5. The maximum absolute atomic E-state index is 7.54. The van der Waals surface area contributed by atoms with Gasteiger partial charge in [0.05, 0.1) is 0 Å². The van der Waals surface area contributed by atoms with E-state index in [-0.39, 0.29) is 5.84 Å². The number of amidine groups is 1. The van der Waals surface area contributed by atoms with Crippen molar-refractivity contribution in [3.05, 3.63) is 40.8 Å². The predicted molar refractivity (Wildman–Crippen MR) is 75.6 cm³/mol. The lowest BCUT2D eigenvalue weighted by Gasteiger charge is -2.08. The van der Waals surface area contributed by atoms with Crippen LogP contribution in [0.3, 0.4) is 0 Å². The molecule has 0 atom stereocenters. The van der Waals surface area contributed by atoms with Crippen LogP contribution in [0.25, 0.3) is 0 Å². The third-order valence-electron chi connectivity index (χ3n) is 2.86. The SMILES string of the molecule is Cc1nc(Sc2ncccc2C(=N)N)nc(C)c1C.